The molecule has 0 aromatic rings. The number of amides is 1. The van der Waals surface area contributed by atoms with Crippen LogP contribution in [0.4, 0.5) is 0 Å². The van der Waals surface area contributed by atoms with Gasteiger partial charge in [-0.25, -0.2) is 0 Å². The molecule has 0 aliphatic heterocycles. The zero-order valence-corrected chi connectivity index (χ0v) is 58.5. The lowest BCUT2D eigenvalue weighted by atomic mass is 10.0. The third-order valence-corrected chi connectivity index (χ3v) is 15.8. The number of phosphoric acid groups is 1. The molecule has 1 amide bonds. The maximum atomic E-state index is 13.0. The largest absolute Gasteiger partial charge is 0.756 e. The van der Waals surface area contributed by atoms with Crippen molar-refractivity contribution in [2.45, 2.75) is 276 Å². The van der Waals surface area contributed by atoms with Crippen LogP contribution in [0.15, 0.2) is 182 Å². The smallest absolute Gasteiger partial charge is 0.268 e. The average molecular weight is 1250 g/mol. The minimum atomic E-state index is -4.64. The highest BCUT2D eigenvalue weighted by molar-refractivity contribution is 7.45. The van der Waals surface area contributed by atoms with Crippen LogP contribution in [-0.2, 0) is 18.4 Å². The SMILES string of the molecule is CC/C=C\C/C=C\C/C=C\C/C=C\C/C=C\C/C=C\C/C=C\C/C=C\C/C=C\C/C=C\C/C=C\C/C=C\CCCCC(=O)NC(COP(=O)([O-])OCC[N+](C)(C)C)C(O)/C=C/CC/C=C/CC/C=C/CCCCCCCCCCCCCCCCCCCC. The van der Waals surface area contributed by atoms with Gasteiger partial charge in [0.15, 0.2) is 0 Å². The Hall–Kier alpha value is -4.40. The van der Waals surface area contributed by atoms with Crippen molar-refractivity contribution in [3.05, 3.63) is 182 Å². The Bertz CT molecular complexity index is 2110. The van der Waals surface area contributed by atoms with E-state index in [9.17, 15) is 19.4 Å². The van der Waals surface area contributed by atoms with Gasteiger partial charge in [0, 0.05) is 6.42 Å². The molecule has 0 saturated heterocycles. The molecule has 0 aliphatic rings. The van der Waals surface area contributed by atoms with Gasteiger partial charge in [-0.1, -0.05) is 305 Å². The molecule has 0 spiro atoms. The van der Waals surface area contributed by atoms with Crippen molar-refractivity contribution in [3.63, 3.8) is 0 Å². The zero-order valence-electron chi connectivity index (χ0n) is 57.6. The average Bonchev–Trinajstić information content (AvgIpc) is 3.55. The highest BCUT2D eigenvalue weighted by atomic mass is 31.2. The summed E-state index contributed by atoms with van der Waals surface area (Å²) in [7, 11) is 1.18. The predicted octanol–water partition coefficient (Wildman–Crippen LogP) is 22.6. The van der Waals surface area contributed by atoms with E-state index in [-0.39, 0.29) is 18.9 Å². The first kappa shape index (κ1) is 84.6. The molecule has 0 saturated carbocycles. The van der Waals surface area contributed by atoms with Crippen LogP contribution < -0.4 is 10.2 Å². The van der Waals surface area contributed by atoms with Gasteiger partial charge in [-0.15, -0.1) is 0 Å². The van der Waals surface area contributed by atoms with E-state index in [4.69, 9.17) is 9.05 Å². The Morgan fingerprint density at radius 3 is 1.04 bits per heavy atom. The number of rotatable bonds is 63. The van der Waals surface area contributed by atoms with Crippen molar-refractivity contribution >= 4 is 13.7 Å². The van der Waals surface area contributed by atoms with E-state index in [0.29, 0.717) is 23.9 Å². The molecule has 0 radical (unpaired) electrons. The Morgan fingerprint density at radius 2 is 0.697 bits per heavy atom. The van der Waals surface area contributed by atoms with Gasteiger partial charge in [0.2, 0.25) is 5.91 Å². The van der Waals surface area contributed by atoms with Crippen molar-refractivity contribution in [1.29, 1.82) is 0 Å². The Balaban J connectivity index is 4.30. The minimum Gasteiger partial charge on any atom is -0.756 e. The van der Waals surface area contributed by atoms with Gasteiger partial charge in [0.05, 0.1) is 39.9 Å². The van der Waals surface area contributed by atoms with Gasteiger partial charge in [-0.3, -0.25) is 9.36 Å². The zero-order chi connectivity index (χ0) is 64.8. The molecule has 504 valence electrons. The van der Waals surface area contributed by atoms with Gasteiger partial charge in [-0.2, -0.15) is 0 Å². The fourth-order valence-corrected chi connectivity index (χ4v) is 10.1. The molecule has 0 aromatic heterocycles. The first-order chi connectivity index (χ1) is 43.5. The van der Waals surface area contributed by atoms with E-state index in [1.807, 2.05) is 27.2 Å². The number of nitrogens with one attached hydrogen (secondary N) is 1. The molecule has 0 bridgehead atoms. The molecule has 2 N–H and O–H groups in total. The highest BCUT2D eigenvalue weighted by Crippen LogP contribution is 2.38. The normalized spacial score (nSPS) is 14.7. The van der Waals surface area contributed by atoms with Crippen LogP contribution in [-0.4, -0.2) is 68.5 Å². The number of hydrogen-bond donors (Lipinski definition) is 2. The molecule has 0 aromatic carbocycles. The van der Waals surface area contributed by atoms with Gasteiger partial charge in [0.25, 0.3) is 7.82 Å². The number of aliphatic hydroxyl groups is 1. The second-order valence-electron chi connectivity index (χ2n) is 24.5. The quantitative estimate of drug-likeness (QED) is 0.0272. The van der Waals surface area contributed by atoms with E-state index < -0.39 is 26.6 Å². The van der Waals surface area contributed by atoms with Crippen molar-refractivity contribution < 1.29 is 32.9 Å². The number of nitrogens with zero attached hydrogens (tertiary/aromatic N) is 1. The predicted molar refractivity (Wildman–Crippen MR) is 389 cm³/mol. The number of carbonyl (C=O) groups is 1. The van der Waals surface area contributed by atoms with Crippen molar-refractivity contribution in [2.75, 3.05) is 40.9 Å². The maximum Gasteiger partial charge on any atom is 0.268 e. The van der Waals surface area contributed by atoms with Gasteiger partial charge >= 0.3 is 0 Å². The molecule has 3 atom stereocenters. The lowest BCUT2D eigenvalue weighted by Crippen LogP contribution is -2.45. The number of phosphoric ester groups is 1. The summed E-state index contributed by atoms with van der Waals surface area (Å²) in [6, 6.07) is -0.950. The first-order valence-electron chi connectivity index (χ1n) is 35.6. The van der Waals surface area contributed by atoms with E-state index in [0.717, 1.165) is 109 Å². The summed E-state index contributed by atoms with van der Waals surface area (Å²) in [5.41, 5.74) is 0. The van der Waals surface area contributed by atoms with Crippen LogP contribution in [0.2, 0.25) is 0 Å². The summed E-state index contributed by atoms with van der Waals surface area (Å²) in [6.45, 7) is 4.47. The fourth-order valence-electron chi connectivity index (χ4n) is 9.34. The first-order valence-corrected chi connectivity index (χ1v) is 37.1. The number of quaternary nitrogens is 1. The molecule has 9 heteroatoms. The third-order valence-electron chi connectivity index (χ3n) is 14.8. The standard InChI is InChI=1S/C80H133N2O6P/c1-6-8-10-12-14-16-18-20-22-24-26-28-30-32-34-36-37-38-39-40-41-42-43-44-45-46-48-50-52-54-56-58-60-62-64-66-68-70-72-74-80(84)81-78(77-88-89(85,86)87-76-75-82(3,4)5)79(83)73-71-69-67-65-63-61-59-57-55-53-51-49-47-35-33-31-29-27-25-23-21-19-17-15-13-11-9-7-2/h8,10,14,16,20,22,26,28,32,34,37-38,40-41,43-44,46,48,52,54-55,57-58,60,63-66,71,73,78-79,83H,6-7,9,11-13,15,17-19,21,23-25,27,29-31,33,35-36,39,42,45,47,49-51,53,56,59,61-62,67-70,72,74-77H2,1-5H3,(H-,81,84,85,86)/b10-8-,16-14-,22-20-,28-26-,34-32-,38-37-,41-40-,44-43-,48-46-,54-52-,57-55+,60-58-,65-63+,66-64-,73-71+. The summed E-state index contributed by atoms with van der Waals surface area (Å²) in [6.07, 6.45) is 109. The summed E-state index contributed by atoms with van der Waals surface area (Å²) < 4.78 is 23.4. The fraction of sp³-hybridized carbons (Fsp3) is 0.613. The molecule has 3 unspecified atom stereocenters. The van der Waals surface area contributed by atoms with E-state index in [1.165, 1.54) is 122 Å². The number of likely N-dealkylation sites (N-methyl/N-ethyl adjacent to an activating group) is 1. The highest BCUT2D eigenvalue weighted by Gasteiger charge is 2.23. The van der Waals surface area contributed by atoms with Gasteiger partial charge in [-0.05, 0) is 135 Å². The lowest BCUT2D eigenvalue weighted by Gasteiger charge is -2.29. The van der Waals surface area contributed by atoms with Crippen LogP contribution in [0.1, 0.15) is 264 Å². The van der Waals surface area contributed by atoms with Crippen LogP contribution in [0.3, 0.4) is 0 Å². The number of allylic oxidation sites excluding steroid dienone is 29. The lowest BCUT2D eigenvalue weighted by molar-refractivity contribution is -0.870. The van der Waals surface area contributed by atoms with Crippen LogP contribution in [0, 0.1) is 0 Å². The van der Waals surface area contributed by atoms with Gasteiger partial charge < -0.3 is 28.8 Å². The molecule has 0 heterocycles. The maximum absolute atomic E-state index is 13.0. The summed E-state index contributed by atoms with van der Waals surface area (Å²) in [5, 5.41) is 13.9. The minimum absolute atomic E-state index is 0.0277. The van der Waals surface area contributed by atoms with Crippen LogP contribution in [0.25, 0.3) is 0 Å². The van der Waals surface area contributed by atoms with Crippen LogP contribution in [0.5, 0.6) is 0 Å². The molecule has 0 fully saturated rings. The van der Waals surface area contributed by atoms with Gasteiger partial charge in [0.1, 0.15) is 13.2 Å². The van der Waals surface area contributed by atoms with E-state index >= 15 is 0 Å². The monoisotopic (exact) mass is 1250 g/mol. The van der Waals surface area contributed by atoms with Crippen molar-refractivity contribution in [2.24, 2.45) is 0 Å². The van der Waals surface area contributed by atoms with Crippen LogP contribution >= 0.6 is 7.82 Å². The Labute approximate surface area is 548 Å². The van der Waals surface area contributed by atoms with E-state index in [2.05, 4.69) is 189 Å². The molecular formula is C80H133N2O6P. The third kappa shape index (κ3) is 70.9. The molecule has 8 nitrogen and oxygen atoms in total. The molecule has 89 heavy (non-hydrogen) atoms. The summed E-state index contributed by atoms with van der Waals surface area (Å²) in [4.78, 5) is 25.6. The number of carbonyl (C=O) groups excluding carboxylic acids is 1. The Kier molecular flexibility index (Phi) is 64.6. The number of unbranched alkanes of at least 4 members (excludes halogenated alkanes) is 22. The summed E-state index contributed by atoms with van der Waals surface area (Å²) >= 11 is 0. The molecule has 0 rings (SSSR count). The van der Waals surface area contributed by atoms with Crippen molar-refractivity contribution in [1.82, 2.24) is 5.32 Å². The second-order valence-corrected chi connectivity index (χ2v) is 25.9. The number of hydrogen-bond acceptors (Lipinski definition) is 6. The Morgan fingerprint density at radius 1 is 0.404 bits per heavy atom. The molecule has 0 aliphatic carbocycles. The molecular weight excluding hydrogens is 1120 g/mol. The van der Waals surface area contributed by atoms with Crippen molar-refractivity contribution in [3.8, 4) is 0 Å². The topological polar surface area (TPSA) is 108 Å². The summed E-state index contributed by atoms with van der Waals surface area (Å²) in [5.74, 6) is -0.259. The number of aliphatic hydroxyl groups excluding tert-OH is 1. The van der Waals surface area contributed by atoms with E-state index in [1.54, 1.807) is 6.08 Å². The second kappa shape index (κ2) is 68.0.